The monoisotopic (exact) mass is 318 g/mol. The molecule has 5 heteroatoms. The maximum Gasteiger partial charge on any atom is 0.309 e. The Balaban J connectivity index is 2.73. The first kappa shape index (κ1) is 18.5. The summed E-state index contributed by atoms with van der Waals surface area (Å²) in [7, 11) is 1.57. The Morgan fingerprint density at radius 2 is 1.65 bits per heavy atom. The van der Waals surface area contributed by atoms with E-state index in [0.717, 1.165) is 0 Å². The van der Waals surface area contributed by atoms with Gasteiger partial charge in [0.25, 0.3) is 0 Å². The van der Waals surface area contributed by atoms with Crippen LogP contribution < -0.4 is 4.74 Å². The molecule has 0 saturated carbocycles. The minimum absolute atomic E-state index is 0.101. The van der Waals surface area contributed by atoms with E-state index >= 15 is 0 Å². The van der Waals surface area contributed by atoms with Gasteiger partial charge < -0.3 is 14.2 Å². The minimum Gasteiger partial charge on any atom is -0.497 e. The lowest BCUT2D eigenvalue weighted by Crippen LogP contribution is -2.02. The van der Waals surface area contributed by atoms with E-state index in [1.54, 1.807) is 50.5 Å². The number of benzene rings is 1. The summed E-state index contributed by atoms with van der Waals surface area (Å²) in [6, 6.07) is 6.82. The third-order valence-electron chi connectivity index (χ3n) is 2.86. The second kappa shape index (κ2) is 10.2. The average molecular weight is 318 g/mol. The predicted molar refractivity (Wildman–Crippen MR) is 87.4 cm³/mol. The minimum atomic E-state index is -0.334. The van der Waals surface area contributed by atoms with Gasteiger partial charge in [0, 0.05) is 5.56 Å². The number of esters is 1. The van der Waals surface area contributed by atoms with Gasteiger partial charge in [0.15, 0.2) is 5.78 Å². The zero-order valence-corrected chi connectivity index (χ0v) is 13.7. The zero-order valence-electron chi connectivity index (χ0n) is 13.7. The summed E-state index contributed by atoms with van der Waals surface area (Å²) in [4.78, 5) is 23.4. The molecule has 0 unspecified atom stereocenters. The molecule has 1 rings (SSSR count). The summed E-state index contributed by atoms with van der Waals surface area (Å²) >= 11 is 0. The van der Waals surface area contributed by atoms with Crippen LogP contribution in [0.1, 0.15) is 30.6 Å². The molecule has 0 saturated heterocycles. The van der Waals surface area contributed by atoms with Crippen LogP contribution in [-0.4, -0.2) is 32.1 Å². The summed E-state index contributed by atoms with van der Waals surface area (Å²) in [5, 5.41) is 0. The fraction of sp³-hybridized carbons (Fsp3) is 0.333. The number of hydrogen-bond donors (Lipinski definition) is 0. The van der Waals surface area contributed by atoms with Crippen LogP contribution >= 0.6 is 0 Å². The van der Waals surface area contributed by atoms with Crippen molar-refractivity contribution in [2.75, 3.05) is 20.3 Å². The lowest BCUT2D eigenvalue weighted by atomic mass is 10.1. The van der Waals surface area contributed by atoms with Gasteiger partial charge in [-0.15, -0.1) is 0 Å². The van der Waals surface area contributed by atoms with Crippen LogP contribution in [0.5, 0.6) is 5.75 Å². The highest BCUT2D eigenvalue weighted by atomic mass is 16.5. The van der Waals surface area contributed by atoms with Crippen molar-refractivity contribution in [3.8, 4) is 5.75 Å². The lowest BCUT2D eigenvalue weighted by Gasteiger charge is -2.04. The van der Waals surface area contributed by atoms with Crippen LogP contribution in [0, 0.1) is 0 Å². The smallest absolute Gasteiger partial charge is 0.309 e. The van der Waals surface area contributed by atoms with E-state index in [1.807, 2.05) is 6.92 Å². The number of rotatable bonds is 9. The van der Waals surface area contributed by atoms with Gasteiger partial charge >= 0.3 is 5.97 Å². The molecule has 0 fully saturated rings. The van der Waals surface area contributed by atoms with Crippen LogP contribution in [0.15, 0.2) is 48.3 Å². The fourth-order valence-corrected chi connectivity index (χ4v) is 1.75. The number of hydrogen-bond acceptors (Lipinski definition) is 5. The summed E-state index contributed by atoms with van der Waals surface area (Å²) in [5.74, 6) is 0.659. The maximum absolute atomic E-state index is 12.1. The van der Waals surface area contributed by atoms with Gasteiger partial charge in [0.1, 0.15) is 11.5 Å². The molecule has 23 heavy (non-hydrogen) atoms. The number of allylic oxidation sites excluding steroid dienone is 2. The first-order chi connectivity index (χ1) is 11.1. The largest absolute Gasteiger partial charge is 0.497 e. The third-order valence-corrected chi connectivity index (χ3v) is 2.86. The SMILES string of the molecule is CCOC(=O)CC=C(C=CC(=O)c1ccc(OC)cc1)OCC. The van der Waals surface area contributed by atoms with Crippen molar-refractivity contribution in [2.24, 2.45) is 0 Å². The molecular weight excluding hydrogens is 296 g/mol. The third kappa shape index (κ3) is 6.82. The van der Waals surface area contributed by atoms with E-state index in [9.17, 15) is 9.59 Å². The van der Waals surface area contributed by atoms with Crippen molar-refractivity contribution in [3.63, 3.8) is 0 Å². The molecule has 0 atom stereocenters. The normalized spacial score (nSPS) is 11.3. The van der Waals surface area contributed by atoms with Gasteiger partial charge in [0.05, 0.1) is 26.7 Å². The average Bonchev–Trinajstić information content (AvgIpc) is 2.57. The molecule has 1 aromatic rings. The van der Waals surface area contributed by atoms with Crippen LogP contribution in [0.25, 0.3) is 0 Å². The Labute approximate surface area is 136 Å². The molecule has 1 aromatic carbocycles. The number of methoxy groups -OCH3 is 1. The van der Waals surface area contributed by atoms with Gasteiger partial charge in [-0.2, -0.15) is 0 Å². The van der Waals surface area contributed by atoms with Gasteiger partial charge in [-0.1, -0.05) is 0 Å². The number of ketones is 1. The summed E-state index contributed by atoms with van der Waals surface area (Å²) < 4.78 is 15.3. The van der Waals surface area contributed by atoms with Crippen LogP contribution in [-0.2, 0) is 14.3 Å². The van der Waals surface area contributed by atoms with Crippen molar-refractivity contribution in [3.05, 3.63) is 53.8 Å². The Hall–Kier alpha value is -2.56. The molecule has 0 amide bonds. The summed E-state index contributed by atoms with van der Waals surface area (Å²) in [6.45, 7) is 4.36. The predicted octanol–water partition coefficient (Wildman–Crippen LogP) is 3.31. The zero-order chi connectivity index (χ0) is 17.1. The summed E-state index contributed by atoms with van der Waals surface area (Å²) in [6.07, 6.45) is 4.66. The quantitative estimate of drug-likeness (QED) is 0.230. The molecule has 0 aromatic heterocycles. The Morgan fingerprint density at radius 1 is 1.00 bits per heavy atom. The number of ether oxygens (including phenoxy) is 3. The van der Waals surface area contributed by atoms with E-state index in [1.165, 1.54) is 6.08 Å². The standard InChI is InChI=1S/C18H22O5/c1-4-22-16(11-13-18(20)23-5-2)10-12-17(19)14-6-8-15(21-3)9-7-14/h6-12H,4-5,13H2,1-3H3. The number of carbonyl (C=O) groups excluding carboxylic acids is 2. The molecule has 5 nitrogen and oxygen atoms in total. The molecule has 0 aliphatic heterocycles. The molecule has 124 valence electrons. The topological polar surface area (TPSA) is 61.8 Å². The molecule has 0 spiro atoms. The van der Waals surface area contributed by atoms with Crippen molar-refractivity contribution in [2.45, 2.75) is 20.3 Å². The van der Waals surface area contributed by atoms with Gasteiger partial charge in [-0.05, 0) is 56.3 Å². The van der Waals surface area contributed by atoms with Crippen LogP contribution in [0.2, 0.25) is 0 Å². The summed E-state index contributed by atoms with van der Waals surface area (Å²) in [5.41, 5.74) is 0.545. The molecule has 0 radical (unpaired) electrons. The van der Waals surface area contributed by atoms with Crippen molar-refractivity contribution >= 4 is 11.8 Å². The second-order valence-corrected chi connectivity index (χ2v) is 4.47. The van der Waals surface area contributed by atoms with Crippen molar-refractivity contribution < 1.29 is 23.8 Å². The highest BCUT2D eigenvalue weighted by Gasteiger charge is 2.04. The highest BCUT2D eigenvalue weighted by molar-refractivity contribution is 6.04. The molecule has 0 N–H and O–H groups in total. The van der Waals surface area contributed by atoms with Crippen LogP contribution in [0.3, 0.4) is 0 Å². The number of carbonyl (C=O) groups is 2. The van der Waals surface area contributed by atoms with E-state index in [4.69, 9.17) is 14.2 Å². The molecule has 0 aliphatic rings. The Bertz CT molecular complexity index is 570. The maximum atomic E-state index is 12.1. The van der Waals surface area contributed by atoms with Gasteiger partial charge in [-0.3, -0.25) is 9.59 Å². The van der Waals surface area contributed by atoms with E-state index in [0.29, 0.717) is 30.3 Å². The Kier molecular flexibility index (Phi) is 8.21. The molecule has 0 heterocycles. The fourth-order valence-electron chi connectivity index (χ4n) is 1.75. The highest BCUT2D eigenvalue weighted by Crippen LogP contribution is 2.12. The van der Waals surface area contributed by atoms with E-state index < -0.39 is 0 Å². The Morgan fingerprint density at radius 3 is 2.22 bits per heavy atom. The van der Waals surface area contributed by atoms with E-state index in [-0.39, 0.29) is 18.2 Å². The lowest BCUT2D eigenvalue weighted by molar-refractivity contribution is -0.142. The molecular formula is C18H22O5. The first-order valence-corrected chi connectivity index (χ1v) is 7.45. The second-order valence-electron chi connectivity index (χ2n) is 4.47. The van der Waals surface area contributed by atoms with E-state index in [2.05, 4.69) is 0 Å². The van der Waals surface area contributed by atoms with Gasteiger partial charge in [-0.25, -0.2) is 0 Å². The first-order valence-electron chi connectivity index (χ1n) is 7.45. The van der Waals surface area contributed by atoms with Crippen LogP contribution in [0.4, 0.5) is 0 Å². The van der Waals surface area contributed by atoms with Crippen molar-refractivity contribution in [1.29, 1.82) is 0 Å². The molecule has 0 aliphatic carbocycles. The molecule has 0 bridgehead atoms. The van der Waals surface area contributed by atoms with Crippen molar-refractivity contribution in [1.82, 2.24) is 0 Å². The van der Waals surface area contributed by atoms with Gasteiger partial charge in [0.2, 0.25) is 0 Å².